The van der Waals surface area contributed by atoms with Crippen molar-refractivity contribution >= 4 is 29.4 Å². The maximum absolute atomic E-state index is 12.3. The average Bonchev–Trinajstić information content (AvgIpc) is 2.95. The van der Waals surface area contributed by atoms with E-state index in [1.807, 2.05) is 32.0 Å². The summed E-state index contributed by atoms with van der Waals surface area (Å²) in [6.07, 6.45) is -0.707. The minimum absolute atomic E-state index is 0.00546. The van der Waals surface area contributed by atoms with Gasteiger partial charge in [-0.25, -0.2) is 0 Å². The van der Waals surface area contributed by atoms with Gasteiger partial charge in [0.1, 0.15) is 0 Å². The van der Waals surface area contributed by atoms with Gasteiger partial charge < -0.3 is 10.1 Å². The summed E-state index contributed by atoms with van der Waals surface area (Å²) in [4.78, 5) is 50.2. The number of fused-ring (bicyclic) bond motifs is 1. The van der Waals surface area contributed by atoms with Crippen LogP contribution >= 0.6 is 0 Å². The van der Waals surface area contributed by atoms with Gasteiger partial charge in [0, 0.05) is 18.7 Å². The van der Waals surface area contributed by atoms with Crippen molar-refractivity contribution in [3.63, 3.8) is 0 Å². The normalized spacial score (nSPS) is 13.8. The standard InChI is InChI=1S/C23H24N2O5/c1-14-10-11-15(2)19(13-14)24-21(27)16(3)30-20(26)9-6-12-25-22(28)17-7-4-5-8-18(17)23(25)29/h4-5,7-8,10-11,13,16H,6,9,12H2,1-3H3,(H,24,27). The summed E-state index contributed by atoms with van der Waals surface area (Å²) in [6, 6.07) is 12.3. The number of amides is 3. The molecule has 2 aromatic carbocycles. The van der Waals surface area contributed by atoms with E-state index >= 15 is 0 Å². The van der Waals surface area contributed by atoms with E-state index < -0.39 is 18.0 Å². The fourth-order valence-electron chi connectivity index (χ4n) is 3.24. The highest BCUT2D eigenvalue weighted by Gasteiger charge is 2.34. The van der Waals surface area contributed by atoms with E-state index in [2.05, 4.69) is 5.32 Å². The van der Waals surface area contributed by atoms with E-state index in [4.69, 9.17) is 4.74 Å². The molecule has 3 amide bonds. The van der Waals surface area contributed by atoms with E-state index in [9.17, 15) is 19.2 Å². The number of rotatable bonds is 7. The van der Waals surface area contributed by atoms with Gasteiger partial charge in [-0.3, -0.25) is 24.1 Å². The summed E-state index contributed by atoms with van der Waals surface area (Å²) in [6.45, 7) is 5.42. The van der Waals surface area contributed by atoms with E-state index in [-0.39, 0.29) is 31.2 Å². The Kier molecular flexibility index (Phi) is 6.30. The first-order valence-electron chi connectivity index (χ1n) is 9.80. The summed E-state index contributed by atoms with van der Waals surface area (Å²) in [5, 5.41) is 2.77. The van der Waals surface area contributed by atoms with Crippen molar-refractivity contribution in [2.45, 2.75) is 39.7 Å². The predicted molar refractivity (Wildman–Crippen MR) is 111 cm³/mol. The zero-order valence-corrected chi connectivity index (χ0v) is 17.2. The lowest BCUT2D eigenvalue weighted by molar-refractivity contribution is -0.153. The molecule has 0 aromatic heterocycles. The first-order chi connectivity index (χ1) is 14.3. The Morgan fingerprint density at radius 1 is 1.03 bits per heavy atom. The van der Waals surface area contributed by atoms with Crippen LogP contribution in [0.2, 0.25) is 0 Å². The van der Waals surface area contributed by atoms with Crippen LogP contribution in [0.1, 0.15) is 51.6 Å². The third-order valence-electron chi connectivity index (χ3n) is 4.97. The van der Waals surface area contributed by atoms with Crippen molar-refractivity contribution in [1.82, 2.24) is 4.90 Å². The molecule has 0 fully saturated rings. The fourth-order valence-corrected chi connectivity index (χ4v) is 3.24. The quantitative estimate of drug-likeness (QED) is 0.561. The number of ether oxygens (including phenoxy) is 1. The molecule has 1 N–H and O–H groups in total. The molecule has 0 aliphatic carbocycles. The van der Waals surface area contributed by atoms with Gasteiger partial charge in [-0.2, -0.15) is 0 Å². The molecule has 156 valence electrons. The monoisotopic (exact) mass is 408 g/mol. The van der Waals surface area contributed by atoms with Crippen LogP contribution < -0.4 is 5.32 Å². The van der Waals surface area contributed by atoms with E-state index in [1.54, 1.807) is 24.3 Å². The van der Waals surface area contributed by atoms with Crippen molar-refractivity contribution in [3.8, 4) is 0 Å². The van der Waals surface area contributed by atoms with Crippen LogP contribution in [0.15, 0.2) is 42.5 Å². The first-order valence-corrected chi connectivity index (χ1v) is 9.80. The smallest absolute Gasteiger partial charge is 0.306 e. The van der Waals surface area contributed by atoms with Crippen molar-refractivity contribution in [1.29, 1.82) is 0 Å². The number of carbonyl (C=O) groups is 4. The second-order valence-electron chi connectivity index (χ2n) is 7.35. The molecule has 7 heteroatoms. The third kappa shape index (κ3) is 4.56. The number of nitrogens with zero attached hydrogens (tertiary/aromatic N) is 1. The molecule has 0 saturated carbocycles. The number of carbonyl (C=O) groups excluding carboxylic acids is 4. The highest BCUT2D eigenvalue weighted by molar-refractivity contribution is 6.21. The number of anilines is 1. The van der Waals surface area contributed by atoms with Crippen LogP contribution in [0.5, 0.6) is 0 Å². The predicted octanol–water partition coefficient (Wildman–Crippen LogP) is 3.25. The molecule has 1 aliphatic heterocycles. The van der Waals surface area contributed by atoms with E-state index in [0.717, 1.165) is 16.0 Å². The van der Waals surface area contributed by atoms with Gasteiger partial charge in [-0.05, 0) is 56.5 Å². The van der Waals surface area contributed by atoms with Crippen molar-refractivity contribution < 1.29 is 23.9 Å². The number of benzene rings is 2. The molecule has 1 heterocycles. The third-order valence-corrected chi connectivity index (χ3v) is 4.97. The van der Waals surface area contributed by atoms with Crippen LogP contribution in [0, 0.1) is 13.8 Å². The second-order valence-corrected chi connectivity index (χ2v) is 7.35. The number of nitrogens with one attached hydrogen (secondary N) is 1. The lowest BCUT2D eigenvalue weighted by Gasteiger charge is -2.16. The van der Waals surface area contributed by atoms with Crippen molar-refractivity contribution in [3.05, 3.63) is 64.7 Å². The number of hydrogen-bond acceptors (Lipinski definition) is 5. The Balaban J connectivity index is 1.47. The minimum atomic E-state index is -0.961. The lowest BCUT2D eigenvalue weighted by Crippen LogP contribution is -2.32. The van der Waals surface area contributed by atoms with Crippen molar-refractivity contribution in [2.24, 2.45) is 0 Å². The van der Waals surface area contributed by atoms with E-state index in [0.29, 0.717) is 16.8 Å². The molecule has 3 rings (SSSR count). The molecular formula is C23H24N2O5. The summed E-state index contributed by atoms with van der Waals surface area (Å²) < 4.78 is 5.20. The minimum Gasteiger partial charge on any atom is -0.453 e. The van der Waals surface area contributed by atoms with Gasteiger partial charge in [0.05, 0.1) is 11.1 Å². The highest BCUT2D eigenvalue weighted by atomic mass is 16.5. The van der Waals surface area contributed by atoms with E-state index in [1.165, 1.54) is 6.92 Å². The van der Waals surface area contributed by atoms with Crippen LogP contribution in [0.3, 0.4) is 0 Å². The summed E-state index contributed by atoms with van der Waals surface area (Å²) in [5.41, 5.74) is 3.35. The highest BCUT2D eigenvalue weighted by Crippen LogP contribution is 2.22. The molecule has 0 bridgehead atoms. The molecule has 30 heavy (non-hydrogen) atoms. The Bertz CT molecular complexity index is 979. The number of aryl methyl sites for hydroxylation is 2. The van der Waals surface area contributed by atoms with Crippen LogP contribution in [0.25, 0.3) is 0 Å². The molecular weight excluding hydrogens is 384 g/mol. The first kappa shape index (κ1) is 21.2. The Hall–Kier alpha value is -3.48. The largest absolute Gasteiger partial charge is 0.453 e. The number of imide groups is 1. The molecule has 1 atom stereocenters. The molecule has 0 saturated heterocycles. The molecule has 0 radical (unpaired) electrons. The summed E-state index contributed by atoms with van der Waals surface area (Å²) in [5.74, 6) is -1.69. The average molecular weight is 408 g/mol. The Morgan fingerprint density at radius 3 is 2.30 bits per heavy atom. The Labute approximate surface area is 175 Å². The second kappa shape index (κ2) is 8.90. The van der Waals surface area contributed by atoms with Gasteiger partial charge >= 0.3 is 5.97 Å². The zero-order chi connectivity index (χ0) is 21.8. The summed E-state index contributed by atoms with van der Waals surface area (Å²) >= 11 is 0. The zero-order valence-electron chi connectivity index (χ0n) is 17.2. The van der Waals surface area contributed by atoms with Crippen LogP contribution in [-0.4, -0.2) is 41.2 Å². The Morgan fingerprint density at radius 2 is 1.67 bits per heavy atom. The topological polar surface area (TPSA) is 92.8 Å². The molecule has 1 unspecified atom stereocenters. The van der Waals surface area contributed by atoms with Gasteiger partial charge in [-0.15, -0.1) is 0 Å². The van der Waals surface area contributed by atoms with Crippen molar-refractivity contribution in [2.75, 3.05) is 11.9 Å². The fraction of sp³-hybridized carbons (Fsp3) is 0.304. The summed E-state index contributed by atoms with van der Waals surface area (Å²) in [7, 11) is 0. The number of hydrogen-bond donors (Lipinski definition) is 1. The van der Waals surface area contributed by atoms with Crippen LogP contribution in [-0.2, 0) is 14.3 Å². The van der Waals surface area contributed by atoms with Gasteiger partial charge in [-0.1, -0.05) is 24.3 Å². The molecule has 1 aliphatic rings. The maximum Gasteiger partial charge on any atom is 0.306 e. The van der Waals surface area contributed by atoms with Gasteiger partial charge in [0.25, 0.3) is 17.7 Å². The number of esters is 1. The molecule has 0 spiro atoms. The van der Waals surface area contributed by atoms with Gasteiger partial charge in [0.2, 0.25) is 0 Å². The molecule has 2 aromatic rings. The molecule has 7 nitrogen and oxygen atoms in total. The maximum atomic E-state index is 12.3. The van der Waals surface area contributed by atoms with Crippen LogP contribution in [0.4, 0.5) is 5.69 Å². The van der Waals surface area contributed by atoms with Gasteiger partial charge in [0.15, 0.2) is 6.10 Å². The SMILES string of the molecule is Cc1ccc(C)c(NC(=O)C(C)OC(=O)CCCN2C(=O)c3ccccc3C2=O)c1. The lowest BCUT2D eigenvalue weighted by atomic mass is 10.1.